The molecule has 0 bridgehead atoms. The summed E-state index contributed by atoms with van der Waals surface area (Å²) in [4.78, 5) is 11.9. The first kappa shape index (κ1) is 14.2. The number of nitrogens with one attached hydrogen (secondary N) is 1. The van der Waals surface area contributed by atoms with Crippen LogP contribution in [0.25, 0.3) is 0 Å². The Morgan fingerprint density at radius 1 is 1.29 bits per heavy atom. The maximum Gasteiger partial charge on any atom is 0.231 e. The highest BCUT2D eigenvalue weighted by Crippen LogP contribution is 2.47. The van der Waals surface area contributed by atoms with E-state index in [0.29, 0.717) is 19.4 Å². The van der Waals surface area contributed by atoms with E-state index < -0.39 is 0 Å². The van der Waals surface area contributed by atoms with Crippen LogP contribution in [-0.4, -0.2) is 31.0 Å². The molecule has 0 spiro atoms. The summed E-state index contributed by atoms with van der Waals surface area (Å²) in [5, 5.41) is 12.0. The molecule has 1 fully saturated rings. The Kier molecular flexibility index (Phi) is 4.01. The third-order valence-corrected chi connectivity index (χ3v) is 4.34. The van der Waals surface area contributed by atoms with Gasteiger partial charge in [-0.3, -0.25) is 4.79 Å². The van der Waals surface area contributed by atoms with E-state index in [9.17, 15) is 4.79 Å². The Morgan fingerprint density at radius 3 is 2.86 bits per heavy atom. The lowest BCUT2D eigenvalue weighted by molar-refractivity contribution is -0.121. The second-order valence-corrected chi connectivity index (χ2v) is 5.94. The summed E-state index contributed by atoms with van der Waals surface area (Å²) in [7, 11) is 0. The Hall–Kier alpha value is -1.75. The zero-order valence-corrected chi connectivity index (χ0v) is 12.1. The van der Waals surface area contributed by atoms with Crippen LogP contribution in [0.3, 0.4) is 0 Å². The van der Waals surface area contributed by atoms with E-state index in [1.807, 2.05) is 18.2 Å². The van der Waals surface area contributed by atoms with Crippen LogP contribution in [0.15, 0.2) is 18.2 Å². The molecular formula is C16H21NO4. The molecule has 3 rings (SSSR count). The van der Waals surface area contributed by atoms with Crippen molar-refractivity contribution in [3.8, 4) is 11.5 Å². The number of carbonyl (C=O) groups is 1. The fourth-order valence-corrected chi connectivity index (χ4v) is 2.66. The maximum absolute atomic E-state index is 11.9. The molecule has 0 unspecified atom stereocenters. The summed E-state index contributed by atoms with van der Waals surface area (Å²) in [6.07, 6.45) is 4.16. The predicted molar refractivity (Wildman–Crippen MR) is 77.3 cm³/mol. The number of rotatable bonds is 7. The van der Waals surface area contributed by atoms with Gasteiger partial charge in [-0.2, -0.15) is 0 Å². The first-order chi connectivity index (χ1) is 10.2. The maximum atomic E-state index is 11.9. The van der Waals surface area contributed by atoms with E-state index in [1.165, 1.54) is 0 Å². The molecule has 1 heterocycles. The standard InChI is InChI=1S/C16H21NO4/c18-8-7-16(5-6-16)10-17-15(19)4-2-12-1-3-13-14(9-12)21-11-20-13/h1,3,9,18H,2,4-8,10-11H2,(H,17,19). The van der Waals surface area contributed by atoms with Crippen molar-refractivity contribution in [1.29, 1.82) is 0 Å². The van der Waals surface area contributed by atoms with Crippen LogP contribution in [0, 0.1) is 5.41 Å². The van der Waals surface area contributed by atoms with Gasteiger partial charge >= 0.3 is 0 Å². The van der Waals surface area contributed by atoms with Gasteiger partial charge in [0.05, 0.1) is 0 Å². The number of amides is 1. The molecule has 1 amide bonds. The molecule has 114 valence electrons. The van der Waals surface area contributed by atoms with E-state index in [4.69, 9.17) is 14.6 Å². The van der Waals surface area contributed by atoms with Crippen molar-refractivity contribution in [3.05, 3.63) is 23.8 Å². The minimum atomic E-state index is 0.0666. The zero-order chi connectivity index (χ0) is 14.7. The molecule has 1 aliphatic carbocycles. The number of aliphatic hydroxyl groups excluding tert-OH is 1. The lowest BCUT2D eigenvalue weighted by atomic mass is 10.0. The highest BCUT2D eigenvalue weighted by atomic mass is 16.7. The molecule has 0 atom stereocenters. The fraction of sp³-hybridized carbons (Fsp3) is 0.562. The summed E-state index contributed by atoms with van der Waals surface area (Å²) in [6.45, 7) is 1.16. The molecule has 2 aliphatic rings. The average molecular weight is 291 g/mol. The van der Waals surface area contributed by atoms with Crippen molar-refractivity contribution in [2.24, 2.45) is 5.41 Å². The van der Waals surface area contributed by atoms with Gasteiger partial charge in [0.2, 0.25) is 12.7 Å². The van der Waals surface area contributed by atoms with Crippen LogP contribution in [0.1, 0.15) is 31.2 Å². The molecule has 0 saturated heterocycles. The Balaban J connectivity index is 1.43. The molecule has 1 aliphatic heterocycles. The van der Waals surface area contributed by atoms with Gasteiger partial charge in [-0.05, 0) is 48.8 Å². The van der Waals surface area contributed by atoms with Crippen molar-refractivity contribution < 1.29 is 19.4 Å². The van der Waals surface area contributed by atoms with Crippen molar-refractivity contribution in [3.63, 3.8) is 0 Å². The Morgan fingerprint density at radius 2 is 2.10 bits per heavy atom. The van der Waals surface area contributed by atoms with Gasteiger partial charge in [0.25, 0.3) is 0 Å². The first-order valence-electron chi connectivity index (χ1n) is 7.47. The van der Waals surface area contributed by atoms with Crippen LogP contribution in [0.4, 0.5) is 0 Å². The van der Waals surface area contributed by atoms with Gasteiger partial charge in [0.15, 0.2) is 11.5 Å². The highest BCUT2D eigenvalue weighted by molar-refractivity contribution is 5.76. The van der Waals surface area contributed by atoms with Gasteiger partial charge < -0.3 is 19.9 Å². The third-order valence-electron chi connectivity index (χ3n) is 4.34. The topological polar surface area (TPSA) is 67.8 Å². The molecule has 5 nitrogen and oxygen atoms in total. The quantitative estimate of drug-likeness (QED) is 0.801. The summed E-state index contributed by atoms with van der Waals surface area (Å²) in [5.41, 5.74) is 1.24. The Labute approximate surface area is 124 Å². The number of aryl methyl sites for hydroxylation is 1. The van der Waals surface area contributed by atoms with Crippen molar-refractivity contribution in [2.45, 2.75) is 32.1 Å². The number of carbonyl (C=O) groups excluding carboxylic acids is 1. The van der Waals surface area contributed by atoms with Crippen LogP contribution in [-0.2, 0) is 11.2 Å². The predicted octanol–water partition coefficient (Wildman–Crippen LogP) is 1.63. The summed E-state index contributed by atoms with van der Waals surface area (Å²) in [5.74, 6) is 1.59. The number of benzene rings is 1. The highest BCUT2D eigenvalue weighted by Gasteiger charge is 2.41. The van der Waals surface area contributed by atoms with Crippen molar-refractivity contribution in [2.75, 3.05) is 19.9 Å². The summed E-state index contributed by atoms with van der Waals surface area (Å²) >= 11 is 0. The molecule has 0 aromatic heterocycles. The molecule has 2 N–H and O–H groups in total. The van der Waals surface area contributed by atoms with Gasteiger partial charge in [0, 0.05) is 19.6 Å². The molecular weight excluding hydrogens is 270 g/mol. The number of aliphatic hydroxyl groups is 1. The van der Waals surface area contributed by atoms with Gasteiger partial charge in [-0.15, -0.1) is 0 Å². The number of hydrogen-bond donors (Lipinski definition) is 2. The third kappa shape index (κ3) is 3.47. The molecule has 5 heteroatoms. The summed E-state index contributed by atoms with van der Waals surface area (Å²) < 4.78 is 10.6. The van der Waals surface area contributed by atoms with E-state index in [0.717, 1.165) is 36.3 Å². The molecule has 1 aromatic rings. The molecule has 21 heavy (non-hydrogen) atoms. The zero-order valence-electron chi connectivity index (χ0n) is 12.1. The number of ether oxygens (including phenoxy) is 2. The molecule has 1 saturated carbocycles. The number of hydrogen-bond acceptors (Lipinski definition) is 4. The number of fused-ring (bicyclic) bond motifs is 1. The van der Waals surface area contributed by atoms with Crippen LogP contribution in [0.5, 0.6) is 11.5 Å². The SMILES string of the molecule is O=C(CCc1ccc2c(c1)OCO2)NCC1(CCO)CC1. The normalized spacial score (nSPS) is 17.6. The van der Waals surface area contributed by atoms with Crippen LogP contribution in [0.2, 0.25) is 0 Å². The van der Waals surface area contributed by atoms with Crippen LogP contribution < -0.4 is 14.8 Å². The second-order valence-electron chi connectivity index (χ2n) is 5.94. The largest absolute Gasteiger partial charge is 0.454 e. The first-order valence-corrected chi connectivity index (χ1v) is 7.47. The van der Waals surface area contributed by atoms with Crippen molar-refractivity contribution >= 4 is 5.91 Å². The van der Waals surface area contributed by atoms with Gasteiger partial charge in [0.1, 0.15) is 0 Å². The van der Waals surface area contributed by atoms with Crippen molar-refractivity contribution in [1.82, 2.24) is 5.32 Å². The summed E-state index contributed by atoms with van der Waals surface area (Å²) in [6, 6.07) is 5.79. The fourth-order valence-electron chi connectivity index (χ4n) is 2.66. The average Bonchev–Trinajstić information content (AvgIpc) is 3.09. The minimum absolute atomic E-state index is 0.0666. The van der Waals surface area contributed by atoms with E-state index >= 15 is 0 Å². The minimum Gasteiger partial charge on any atom is -0.454 e. The van der Waals surface area contributed by atoms with E-state index in [-0.39, 0.29) is 24.7 Å². The monoisotopic (exact) mass is 291 g/mol. The molecule has 1 aromatic carbocycles. The smallest absolute Gasteiger partial charge is 0.231 e. The van der Waals surface area contributed by atoms with Crippen LogP contribution >= 0.6 is 0 Å². The van der Waals surface area contributed by atoms with E-state index in [2.05, 4.69) is 5.32 Å². The van der Waals surface area contributed by atoms with Gasteiger partial charge in [-0.25, -0.2) is 0 Å². The molecule has 0 radical (unpaired) electrons. The lowest BCUT2D eigenvalue weighted by Gasteiger charge is -2.14. The van der Waals surface area contributed by atoms with Gasteiger partial charge in [-0.1, -0.05) is 6.07 Å². The van der Waals surface area contributed by atoms with E-state index in [1.54, 1.807) is 0 Å². The Bertz CT molecular complexity index is 525. The lowest BCUT2D eigenvalue weighted by Crippen LogP contribution is -2.30. The second kappa shape index (κ2) is 5.93.